The maximum Gasteiger partial charge on any atom is 0.258 e. The van der Waals surface area contributed by atoms with Gasteiger partial charge in [-0.15, -0.1) is 0 Å². The summed E-state index contributed by atoms with van der Waals surface area (Å²) in [6.45, 7) is 1.97. The van der Waals surface area contributed by atoms with Gasteiger partial charge in [-0.25, -0.2) is 4.90 Å². The Balaban J connectivity index is 1.80. The number of rotatable bonds is 3. The van der Waals surface area contributed by atoms with Crippen LogP contribution in [0, 0.1) is 6.92 Å². The number of hydrogen-bond donors (Lipinski definition) is 0. The van der Waals surface area contributed by atoms with E-state index in [9.17, 15) is 9.59 Å². The maximum atomic E-state index is 11.6. The van der Waals surface area contributed by atoms with Crippen molar-refractivity contribution >= 4 is 17.5 Å². The average molecular weight is 279 g/mol. The topological polar surface area (TPSA) is 46.6 Å². The minimum absolute atomic E-state index is 0.326. The van der Waals surface area contributed by atoms with Crippen molar-refractivity contribution in [2.75, 3.05) is 4.90 Å². The van der Waals surface area contributed by atoms with Gasteiger partial charge in [-0.05, 0) is 42.8 Å². The molecule has 1 aliphatic rings. The molecule has 0 aliphatic carbocycles. The minimum atomic E-state index is -0.326. The second-order valence-corrected chi connectivity index (χ2v) is 4.71. The Morgan fingerprint density at radius 1 is 0.857 bits per heavy atom. The van der Waals surface area contributed by atoms with Crippen molar-refractivity contribution in [3.05, 3.63) is 66.2 Å². The largest absolute Gasteiger partial charge is 0.457 e. The molecule has 2 amide bonds. The van der Waals surface area contributed by atoms with Crippen LogP contribution in [0.4, 0.5) is 5.69 Å². The van der Waals surface area contributed by atoms with Crippen LogP contribution >= 0.6 is 0 Å². The third-order valence-electron chi connectivity index (χ3n) is 3.23. The molecule has 0 saturated heterocycles. The van der Waals surface area contributed by atoms with E-state index in [0.717, 1.165) is 16.2 Å². The summed E-state index contributed by atoms with van der Waals surface area (Å²) in [5.74, 6) is 0.778. The van der Waals surface area contributed by atoms with E-state index >= 15 is 0 Å². The number of carbonyl (C=O) groups excluding carboxylic acids is 2. The lowest BCUT2D eigenvalue weighted by molar-refractivity contribution is -0.119. The fourth-order valence-electron chi connectivity index (χ4n) is 2.12. The standard InChI is InChI=1S/C17H13NO3/c1-12-4-2-3-5-15(12)21-14-8-6-13(7-9-14)18-16(19)10-11-17(18)20/h2-11H,1H3. The molecule has 0 bridgehead atoms. The fourth-order valence-corrected chi connectivity index (χ4v) is 2.12. The van der Waals surface area contributed by atoms with Crippen LogP contribution in [0.3, 0.4) is 0 Å². The zero-order chi connectivity index (χ0) is 14.8. The van der Waals surface area contributed by atoms with E-state index in [4.69, 9.17) is 4.74 Å². The normalized spacial score (nSPS) is 13.9. The van der Waals surface area contributed by atoms with E-state index in [1.807, 2.05) is 31.2 Å². The molecule has 2 aromatic carbocycles. The Morgan fingerprint density at radius 2 is 1.48 bits per heavy atom. The maximum absolute atomic E-state index is 11.6. The van der Waals surface area contributed by atoms with Crippen LogP contribution in [0.1, 0.15) is 5.56 Å². The van der Waals surface area contributed by atoms with Gasteiger partial charge in [-0.3, -0.25) is 9.59 Å². The molecule has 2 aromatic rings. The van der Waals surface area contributed by atoms with Gasteiger partial charge in [0, 0.05) is 12.2 Å². The summed E-state index contributed by atoms with van der Waals surface area (Å²) in [5, 5.41) is 0. The van der Waals surface area contributed by atoms with E-state index in [-0.39, 0.29) is 11.8 Å². The number of carbonyl (C=O) groups is 2. The number of para-hydroxylation sites is 1. The first-order valence-electron chi connectivity index (χ1n) is 6.55. The number of anilines is 1. The van der Waals surface area contributed by atoms with Crippen molar-refractivity contribution in [1.29, 1.82) is 0 Å². The lowest BCUT2D eigenvalue weighted by atomic mass is 10.2. The molecular weight excluding hydrogens is 266 g/mol. The summed E-state index contributed by atoms with van der Waals surface area (Å²) >= 11 is 0. The number of imide groups is 1. The predicted octanol–water partition coefficient (Wildman–Crippen LogP) is 3.22. The second-order valence-electron chi connectivity index (χ2n) is 4.71. The molecule has 0 atom stereocenters. The molecule has 0 radical (unpaired) electrons. The van der Waals surface area contributed by atoms with Gasteiger partial charge in [0.15, 0.2) is 0 Å². The van der Waals surface area contributed by atoms with Crippen LogP contribution in [0.25, 0.3) is 0 Å². The Hall–Kier alpha value is -2.88. The lowest BCUT2D eigenvalue weighted by Gasteiger charge is -2.14. The van der Waals surface area contributed by atoms with Gasteiger partial charge in [0.2, 0.25) is 0 Å². The predicted molar refractivity (Wildman–Crippen MR) is 79.3 cm³/mol. The first-order chi connectivity index (χ1) is 10.1. The van der Waals surface area contributed by atoms with E-state index in [0.29, 0.717) is 11.4 Å². The van der Waals surface area contributed by atoms with Crippen LogP contribution in [-0.2, 0) is 9.59 Å². The molecule has 0 fully saturated rings. The first kappa shape index (κ1) is 13.1. The Morgan fingerprint density at radius 3 is 2.10 bits per heavy atom. The van der Waals surface area contributed by atoms with Crippen molar-refractivity contribution in [2.24, 2.45) is 0 Å². The molecule has 0 unspecified atom stereocenters. The molecule has 1 heterocycles. The summed E-state index contributed by atoms with van der Waals surface area (Å²) < 4.78 is 5.78. The van der Waals surface area contributed by atoms with E-state index in [2.05, 4.69) is 0 Å². The highest BCUT2D eigenvalue weighted by Gasteiger charge is 2.24. The number of hydrogen-bond acceptors (Lipinski definition) is 3. The summed E-state index contributed by atoms with van der Waals surface area (Å²) in [4.78, 5) is 24.3. The molecule has 3 rings (SSSR count). The van der Waals surface area contributed by atoms with Crippen LogP contribution in [0.2, 0.25) is 0 Å². The van der Waals surface area contributed by atoms with Crippen molar-refractivity contribution in [2.45, 2.75) is 6.92 Å². The van der Waals surface area contributed by atoms with Crippen molar-refractivity contribution in [3.8, 4) is 11.5 Å². The van der Waals surface area contributed by atoms with Gasteiger partial charge in [0.25, 0.3) is 11.8 Å². The van der Waals surface area contributed by atoms with Gasteiger partial charge >= 0.3 is 0 Å². The van der Waals surface area contributed by atoms with Gasteiger partial charge in [-0.1, -0.05) is 18.2 Å². The molecule has 4 nitrogen and oxygen atoms in total. The average Bonchev–Trinajstić information content (AvgIpc) is 2.82. The zero-order valence-electron chi connectivity index (χ0n) is 11.4. The third kappa shape index (κ3) is 2.56. The quantitative estimate of drug-likeness (QED) is 0.810. The van der Waals surface area contributed by atoms with Crippen LogP contribution in [-0.4, -0.2) is 11.8 Å². The van der Waals surface area contributed by atoms with Crippen LogP contribution in [0.5, 0.6) is 11.5 Å². The molecule has 0 aromatic heterocycles. The van der Waals surface area contributed by atoms with Crippen LogP contribution < -0.4 is 9.64 Å². The highest BCUT2D eigenvalue weighted by molar-refractivity contribution is 6.28. The monoisotopic (exact) mass is 279 g/mol. The summed E-state index contributed by atoms with van der Waals surface area (Å²) in [7, 11) is 0. The molecule has 0 N–H and O–H groups in total. The van der Waals surface area contributed by atoms with Gasteiger partial charge in [0.1, 0.15) is 11.5 Å². The first-order valence-corrected chi connectivity index (χ1v) is 6.55. The number of ether oxygens (including phenoxy) is 1. The molecule has 21 heavy (non-hydrogen) atoms. The van der Waals surface area contributed by atoms with Gasteiger partial charge in [-0.2, -0.15) is 0 Å². The highest BCUT2D eigenvalue weighted by Crippen LogP contribution is 2.27. The molecule has 1 aliphatic heterocycles. The smallest absolute Gasteiger partial charge is 0.258 e. The van der Waals surface area contributed by atoms with E-state index in [1.54, 1.807) is 24.3 Å². The molecule has 4 heteroatoms. The molecule has 0 spiro atoms. The zero-order valence-corrected chi connectivity index (χ0v) is 11.4. The lowest BCUT2D eigenvalue weighted by Crippen LogP contribution is -2.29. The number of aryl methyl sites for hydroxylation is 1. The van der Waals surface area contributed by atoms with E-state index in [1.165, 1.54) is 12.2 Å². The Labute approximate surface area is 122 Å². The number of nitrogens with zero attached hydrogens (tertiary/aromatic N) is 1. The second kappa shape index (κ2) is 5.25. The Kier molecular flexibility index (Phi) is 3.28. The molecular formula is C17H13NO3. The van der Waals surface area contributed by atoms with Gasteiger partial charge in [0.05, 0.1) is 5.69 Å². The summed E-state index contributed by atoms with van der Waals surface area (Å²) in [6.07, 6.45) is 2.53. The third-order valence-corrected chi connectivity index (χ3v) is 3.23. The van der Waals surface area contributed by atoms with Gasteiger partial charge < -0.3 is 4.74 Å². The van der Waals surface area contributed by atoms with E-state index < -0.39 is 0 Å². The van der Waals surface area contributed by atoms with Crippen molar-refractivity contribution in [1.82, 2.24) is 0 Å². The SMILES string of the molecule is Cc1ccccc1Oc1ccc(N2C(=O)C=CC2=O)cc1. The highest BCUT2D eigenvalue weighted by atomic mass is 16.5. The van der Waals surface area contributed by atoms with Crippen molar-refractivity contribution in [3.63, 3.8) is 0 Å². The summed E-state index contributed by atoms with van der Waals surface area (Å²) in [6, 6.07) is 14.6. The number of amides is 2. The molecule has 104 valence electrons. The van der Waals surface area contributed by atoms with Crippen molar-refractivity contribution < 1.29 is 14.3 Å². The number of benzene rings is 2. The minimum Gasteiger partial charge on any atom is -0.457 e. The fraction of sp³-hybridized carbons (Fsp3) is 0.0588. The summed E-state index contributed by atoms with van der Waals surface area (Å²) in [5.41, 5.74) is 1.57. The molecule has 0 saturated carbocycles. The Bertz CT molecular complexity index is 714. The van der Waals surface area contributed by atoms with Crippen LogP contribution in [0.15, 0.2) is 60.7 Å².